The molecule has 3 N–H and O–H groups in total. The number of benzene rings is 1. The topological polar surface area (TPSA) is 86.9 Å². The van der Waals surface area contributed by atoms with Crippen molar-refractivity contribution in [1.82, 2.24) is 15.5 Å². The molecule has 0 unspecified atom stereocenters. The van der Waals surface area contributed by atoms with E-state index in [1.54, 1.807) is 6.07 Å². The van der Waals surface area contributed by atoms with E-state index in [1.807, 2.05) is 13.8 Å². The normalized spacial score (nSPS) is 11.8. The minimum Gasteiger partial charge on any atom is -0.310 e. The van der Waals surface area contributed by atoms with Gasteiger partial charge in [0.25, 0.3) is 10.0 Å². The molecule has 0 aliphatic carbocycles. The van der Waals surface area contributed by atoms with E-state index in [4.69, 9.17) is 0 Å². The number of nitrogens with zero attached hydrogens (tertiary/aromatic N) is 1. The lowest BCUT2D eigenvalue weighted by Crippen LogP contribution is -2.22. The molecule has 0 bridgehead atoms. The maximum absolute atomic E-state index is 13.8. The first-order valence-electron chi connectivity index (χ1n) is 6.42. The van der Waals surface area contributed by atoms with Crippen LogP contribution < -0.4 is 10.0 Å². The van der Waals surface area contributed by atoms with Crippen molar-refractivity contribution in [3.63, 3.8) is 0 Å². The van der Waals surface area contributed by atoms with E-state index in [2.05, 4.69) is 20.2 Å². The van der Waals surface area contributed by atoms with Gasteiger partial charge in [-0.1, -0.05) is 19.9 Å². The van der Waals surface area contributed by atoms with Gasteiger partial charge >= 0.3 is 0 Å². The molecule has 6 nitrogen and oxygen atoms in total. The summed E-state index contributed by atoms with van der Waals surface area (Å²) in [6, 6.07) is 4.29. The molecule has 1 heterocycles. The number of sulfonamides is 1. The molecule has 0 saturated heterocycles. The highest BCUT2D eigenvalue weighted by Crippen LogP contribution is 2.19. The molecule has 0 amide bonds. The van der Waals surface area contributed by atoms with Crippen LogP contribution in [0, 0.1) is 5.82 Å². The van der Waals surface area contributed by atoms with Crippen LogP contribution in [-0.4, -0.2) is 24.7 Å². The zero-order valence-corrected chi connectivity index (χ0v) is 12.5. The fourth-order valence-corrected chi connectivity index (χ4v) is 2.87. The van der Waals surface area contributed by atoms with Gasteiger partial charge in [0.1, 0.15) is 10.7 Å². The number of hydrogen-bond donors (Lipinski definition) is 3. The predicted octanol–water partition coefficient (Wildman–Crippen LogP) is 1.85. The maximum Gasteiger partial charge on any atom is 0.264 e. The third-order valence-electron chi connectivity index (χ3n) is 2.75. The van der Waals surface area contributed by atoms with Crippen LogP contribution in [0.25, 0.3) is 0 Å². The number of aromatic amines is 1. The third-order valence-corrected chi connectivity index (χ3v) is 4.15. The maximum atomic E-state index is 13.8. The molecule has 0 atom stereocenters. The summed E-state index contributed by atoms with van der Waals surface area (Å²) < 4.78 is 40.5. The lowest BCUT2D eigenvalue weighted by molar-refractivity contribution is 0.564. The number of anilines is 1. The van der Waals surface area contributed by atoms with Gasteiger partial charge in [-0.05, 0) is 17.7 Å². The Balaban J connectivity index is 2.27. The molecule has 8 heteroatoms. The second kappa shape index (κ2) is 6.23. The number of halogens is 1. The Hall–Kier alpha value is -1.93. The highest BCUT2D eigenvalue weighted by molar-refractivity contribution is 7.92. The smallest absolute Gasteiger partial charge is 0.264 e. The quantitative estimate of drug-likeness (QED) is 0.759. The van der Waals surface area contributed by atoms with Crippen LogP contribution in [0.3, 0.4) is 0 Å². The van der Waals surface area contributed by atoms with E-state index in [-0.39, 0.29) is 16.6 Å². The van der Waals surface area contributed by atoms with Crippen molar-refractivity contribution in [1.29, 1.82) is 0 Å². The molecule has 0 radical (unpaired) electrons. The van der Waals surface area contributed by atoms with Crippen molar-refractivity contribution in [2.75, 3.05) is 4.72 Å². The summed E-state index contributed by atoms with van der Waals surface area (Å²) >= 11 is 0. The lowest BCUT2D eigenvalue weighted by atomic mass is 10.2. The van der Waals surface area contributed by atoms with Crippen LogP contribution >= 0.6 is 0 Å². The Kier molecular flexibility index (Phi) is 4.59. The van der Waals surface area contributed by atoms with Gasteiger partial charge in [0.2, 0.25) is 0 Å². The molecule has 1 aromatic carbocycles. The molecule has 114 valence electrons. The summed E-state index contributed by atoms with van der Waals surface area (Å²) in [6.45, 7) is 4.41. The largest absolute Gasteiger partial charge is 0.310 e. The van der Waals surface area contributed by atoms with Crippen LogP contribution in [0.2, 0.25) is 0 Å². The van der Waals surface area contributed by atoms with Crippen molar-refractivity contribution in [3.05, 3.63) is 42.0 Å². The van der Waals surface area contributed by atoms with Gasteiger partial charge in [-0.15, -0.1) is 0 Å². The van der Waals surface area contributed by atoms with Crippen molar-refractivity contribution >= 4 is 15.7 Å². The van der Waals surface area contributed by atoms with Crippen molar-refractivity contribution < 1.29 is 12.8 Å². The second-order valence-corrected chi connectivity index (χ2v) is 6.54. The minimum atomic E-state index is -3.99. The predicted molar refractivity (Wildman–Crippen MR) is 77.8 cm³/mol. The fourth-order valence-electron chi connectivity index (χ4n) is 1.70. The van der Waals surface area contributed by atoms with Gasteiger partial charge in [0.15, 0.2) is 0 Å². The summed E-state index contributed by atoms with van der Waals surface area (Å²) in [5.41, 5.74) is 0.942. The molecule has 2 aromatic rings. The van der Waals surface area contributed by atoms with Crippen LogP contribution in [0.4, 0.5) is 10.1 Å². The Morgan fingerprint density at radius 2 is 2.14 bits per heavy atom. The molecule has 0 spiro atoms. The molecule has 0 aliphatic rings. The van der Waals surface area contributed by atoms with Crippen LogP contribution in [0.5, 0.6) is 0 Å². The van der Waals surface area contributed by atoms with Gasteiger partial charge in [-0.25, -0.2) is 12.8 Å². The molecule has 0 aliphatic heterocycles. The molecular weight excluding hydrogens is 295 g/mol. The SMILES string of the molecule is CC(C)NCc1ccc(F)c(S(=O)(=O)Nc2cn[nH]c2)c1. The minimum absolute atomic E-state index is 0.249. The summed E-state index contributed by atoms with van der Waals surface area (Å²) in [5, 5.41) is 9.27. The average molecular weight is 312 g/mol. The lowest BCUT2D eigenvalue weighted by Gasteiger charge is -2.11. The number of hydrogen-bond acceptors (Lipinski definition) is 4. The monoisotopic (exact) mass is 312 g/mol. The standard InChI is InChI=1S/C13H17FN4O2S/c1-9(2)15-6-10-3-4-12(14)13(5-10)21(19,20)18-11-7-16-17-8-11/h3-5,7-9,15,18H,6H2,1-2H3,(H,16,17). The third kappa shape index (κ3) is 4.02. The van der Waals surface area contributed by atoms with Crippen LogP contribution in [0.1, 0.15) is 19.4 Å². The van der Waals surface area contributed by atoms with Crippen molar-refractivity contribution in [2.24, 2.45) is 0 Å². The Bertz CT molecular complexity index is 699. The van der Waals surface area contributed by atoms with Gasteiger partial charge < -0.3 is 5.32 Å². The molecule has 1 aromatic heterocycles. The van der Waals surface area contributed by atoms with Gasteiger partial charge in [0, 0.05) is 18.8 Å². The fraction of sp³-hybridized carbons (Fsp3) is 0.308. The molecule has 0 saturated carbocycles. The number of nitrogens with one attached hydrogen (secondary N) is 3. The summed E-state index contributed by atoms with van der Waals surface area (Å²) in [7, 11) is -3.99. The molecule has 0 fully saturated rings. The van der Waals surface area contributed by atoms with Crippen LogP contribution in [0.15, 0.2) is 35.5 Å². The number of rotatable bonds is 6. The first kappa shape index (κ1) is 15.5. The summed E-state index contributed by atoms with van der Waals surface area (Å²) in [4.78, 5) is -0.383. The average Bonchev–Trinajstić information content (AvgIpc) is 2.89. The Morgan fingerprint density at radius 1 is 1.38 bits per heavy atom. The Morgan fingerprint density at radius 3 is 2.76 bits per heavy atom. The first-order chi connectivity index (χ1) is 9.88. The van der Waals surface area contributed by atoms with Gasteiger partial charge in [-0.3, -0.25) is 9.82 Å². The van der Waals surface area contributed by atoms with Crippen molar-refractivity contribution in [2.45, 2.75) is 31.3 Å². The van der Waals surface area contributed by atoms with E-state index in [1.165, 1.54) is 18.5 Å². The zero-order valence-electron chi connectivity index (χ0n) is 11.7. The molecule has 2 rings (SSSR count). The van der Waals surface area contributed by atoms with E-state index in [0.717, 1.165) is 6.07 Å². The van der Waals surface area contributed by atoms with E-state index in [9.17, 15) is 12.8 Å². The van der Waals surface area contributed by atoms with E-state index >= 15 is 0 Å². The highest BCUT2D eigenvalue weighted by atomic mass is 32.2. The van der Waals surface area contributed by atoms with Gasteiger partial charge in [-0.2, -0.15) is 5.10 Å². The molecule has 21 heavy (non-hydrogen) atoms. The Labute approximate surface area is 122 Å². The highest BCUT2D eigenvalue weighted by Gasteiger charge is 2.20. The van der Waals surface area contributed by atoms with Gasteiger partial charge in [0.05, 0.1) is 11.9 Å². The zero-order chi connectivity index (χ0) is 15.5. The second-order valence-electron chi connectivity index (χ2n) is 4.89. The number of aromatic nitrogens is 2. The van der Waals surface area contributed by atoms with E-state index < -0.39 is 15.8 Å². The van der Waals surface area contributed by atoms with E-state index in [0.29, 0.717) is 12.1 Å². The number of H-pyrrole nitrogens is 1. The first-order valence-corrected chi connectivity index (χ1v) is 7.90. The van der Waals surface area contributed by atoms with Crippen LogP contribution in [-0.2, 0) is 16.6 Å². The summed E-state index contributed by atoms with van der Waals surface area (Å²) in [6.07, 6.45) is 2.68. The molecular formula is C13H17FN4O2S. The summed E-state index contributed by atoms with van der Waals surface area (Å²) in [5.74, 6) is -0.792. The van der Waals surface area contributed by atoms with Crippen molar-refractivity contribution in [3.8, 4) is 0 Å².